The molecule has 0 amide bonds. The standard InChI is InChI=1S/C16H16ClF2NO/c1-3-20-16(12-6-5-11(18)9-14(12)19)13-8-10(17)4-7-15(13)21-2/h4-9,16,20H,3H2,1-2H3. The highest BCUT2D eigenvalue weighted by atomic mass is 35.5. The van der Waals surface area contributed by atoms with E-state index in [1.54, 1.807) is 18.2 Å². The lowest BCUT2D eigenvalue weighted by Crippen LogP contribution is -2.23. The van der Waals surface area contributed by atoms with E-state index in [1.807, 2.05) is 6.92 Å². The van der Waals surface area contributed by atoms with Gasteiger partial charge in [-0.25, -0.2) is 8.78 Å². The number of nitrogens with one attached hydrogen (secondary N) is 1. The zero-order valence-electron chi connectivity index (χ0n) is 11.8. The molecule has 2 aromatic carbocycles. The molecule has 0 aromatic heterocycles. The highest BCUT2D eigenvalue weighted by Crippen LogP contribution is 2.33. The molecule has 0 radical (unpaired) electrons. The maximum absolute atomic E-state index is 14.1. The molecule has 0 saturated heterocycles. The van der Waals surface area contributed by atoms with Crippen molar-refractivity contribution in [2.75, 3.05) is 13.7 Å². The van der Waals surface area contributed by atoms with Crippen molar-refractivity contribution in [2.24, 2.45) is 0 Å². The lowest BCUT2D eigenvalue weighted by Gasteiger charge is -2.22. The Bertz CT molecular complexity index is 634. The lowest BCUT2D eigenvalue weighted by atomic mass is 9.97. The van der Waals surface area contributed by atoms with Crippen molar-refractivity contribution in [3.05, 3.63) is 64.2 Å². The van der Waals surface area contributed by atoms with Crippen LogP contribution in [0.2, 0.25) is 5.02 Å². The molecule has 0 bridgehead atoms. The zero-order chi connectivity index (χ0) is 15.4. The summed E-state index contributed by atoms with van der Waals surface area (Å²) in [4.78, 5) is 0. The summed E-state index contributed by atoms with van der Waals surface area (Å²) < 4.78 is 32.5. The van der Waals surface area contributed by atoms with Crippen molar-refractivity contribution in [2.45, 2.75) is 13.0 Å². The summed E-state index contributed by atoms with van der Waals surface area (Å²) in [6.07, 6.45) is 0. The summed E-state index contributed by atoms with van der Waals surface area (Å²) in [6, 6.07) is 8.21. The molecule has 0 spiro atoms. The first-order valence-corrected chi connectivity index (χ1v) is 6.96. The maximum Gasteiger partial charge on any atom is 0.131 e. The van der Waals surface area contributed by atoms with Crippen LogP contribution in [0.3, 0.4) is 0 Å². The third-order valence-electron chi connectivity index (χ3n) is 3.18. The number of hydrogen-bond donors (Lipinski definition) is 1. The van der Waals surface area contributed by atoms with Gasteiger partial charge in [0.05, 0.1) is 13.2 Å². The zero-order valence-corrected chi connectivity index (χ0v) is 12.5. The number of methoxy groups -OCH3 is 1. The maximum atomic E-state index is 14.1. The molecule has 2 rings (SSSR count). The molecule has 1 N–H and O–H groups in total. The molecule has 21 heavy (non-hydrogen) atoms. The van der Waals surface area contributed by atoms with Crippen molar-refractivity contribution < 1.29 is 13.5 Å². The van der Waals surface area contributed by atoms with Crippen LogP contribution in [0.1, 0.15) is 24.1 Å². The van der Waals surface area contributed by atoms with E-state index in [2.05, 4.69) is 5.32 Å². The molecule has 1 unspecified atom stereocenters. The lowest BCUT2D eigenvalue weighted by molar-refractivity contribution is 0.403. The van der Waals surface area contributed by atoms with Gasteiger partial charge in [0, 0.05) is 22.2 Å². The molecule has 0 aliphatic heterocycles. The highest BCUT2D eigenvalue weighted by molar-refractivity contribution is 6.30. The van der Waals surface area contributed by atoms with E-state index in [9.17, 15) is 8.78 Å². The number of rotatable bonds is 5. The third kappa shape index (κ3) is 3.52. The fourth-order valence-electron chi connectivity index (χ4n) is 2.26. The van der Waals surface area contributed by atoms with E-state index in [4.69, 9.17) is 16.3 Å². The van der Waals surface area contributed by atoms with Gasteiger partial charge in [0.25, 0.3) is 0 Å². The monoisotopic (exact) mass is 311 g/mol. The molecule has 0 fully saturated rings. The minimum absolute atomic E-state index is 0.346. The average molecular weight is 312 g/mol. The summed E-state index contributed by atoms with van der Waals surface area (Å²) in [7, 11) is 1.54. The predicted molar refractivity (Wildman–Crippen MR) is 79.9 cm³/mol. The fraction of sp³-hybridized carbons (Fsp3) is 0.250. The van der Waals surface area contributed by atoms with E-state index in [0.29, 0.717) is 28.4 Å². The largest absolute Gasteiger partial charge is 0.496 e. The first kappa shape index (κ1) is 15.7. The molecule has 0 aliphatic rings. The van der Waals surface area contributed by atoms with Gasteiger partial charge < -0.3 is 10.1 Å². The molecule has 1 atom stereocenters. The summed E-state index contributed by atoms with van der Waals surface area (Å²) in [6.45, 7) is 2.52. The van der Waals surface area contributed by atoms with Gasteiger partial charge >= 0.3 is 0 Å². The van der Waals surface area contributed by atoms with E-state index in [-0.39, 0.29) is 0 Å². The Kier molecular flexibility index (Phi) is 5.15. The van der Waals surface area contributed by atoms with Gasteiger partial charge in [-0.05, 0) is 30.8 Å². The van der Waals surface area contributed by atoms with Crippen LogP contribution < -0.4 is 10.1 Å². The van der Waals surface area contributed by atoms with Crippen molar-refractivity contribution in [3.63, 3.8) is 0 Å². The Labute approximate surface area is 127 Å². The van der Waals surface area contributed by atoms with Crippen LogP contribution in [0.15, 0.2) is 36.4 Å². The first-order valence-electron chi connectivity index (χ1n) is 6.58. The van der Waals surface area contributed by atoms with Crippen LogP contribution in [0.25, 0.3) is 0 Å². The second-order valence-electron chi connectivity index (χ2n) is 4.54. The van der Waals surface area contributed by atoms with Crippen LogP contribution in [-0.4, -0.2) is 13.7 Å². The molecule has 5 heteroatoms. The van der Waals surface area contributed by atoms with Crippen LogP contribution in [0.4, 0.5) is 8.78 Å². The second kappa shape index (κ2) is 6.87. The Hall–Kier alpha value is -1.65. The molecular weight excluding hydrogens is 296 g/mol. The summed E-state index contributed by atoms with van der Waals surface area (Å²) >= 11 is 6.03. The van der Waals surface area contributed by atoms with Gasteiger partial charge in [-0.3, -0.25) is 0 Å². The summed E-state index contributed by atoms with van der Waals surface area (Å²) in [5, 5.41) is 3.70. The molecular formula is C16H16ClF2NO. The summed E-state index contributed by atoms with van der Waals surface area (Å²) in [5.74, 6) is -0.624. The predicted octanol–water partition coefficient (Wildman–Crippen LogP) is 4.33. The van der Waals surface area contributed by atoms with Gasteiger partial charge in [0.2, 0.25) is 0 Å². The number of ether oxygens (including phenoxy) is 1. The van der Waals surface area contributed by atoms with E-state index >= 15 is 0 Å². The first-order chi connectivity index (χ1) is 10.1. The highest BCUT2D eigenvalue weighted by Gasteiger charge is 2.21. The molecule has 0 aliphatic carbocycles. The summed E-state index contributed by atoms with van der Waals surface area (Å²) in [5.41, 5.74) is 1.05. The van der Waals surface area contributed by atoms with Crippen molar-refractivity contribution in [3.8, 4) is 5.75 Å². The molecule has 112 valence electrons. The van der Waals surface area contributed by atoms with Gasteiger partial charge in [-0.1, -0.05) is 24.6 Å². The van der Waals surface area contributed by atoms with Crippen molar-refractivity contribution in [1.82, 2.24) is 5.32 Å². The van der Waals surface area contributed by atoms with Gasteiger partial charge in [-0.2, -0.15) is 0 Å². The Balaban J connectivity index is 2.55. The molecule has 2 nitrogen and oxygen atoms in total. The average Bonchev–Trinajstić information content (AvgIpc) is 2.45. The number of hydrogen-bond acceptors (Lipinski definition) is 2. The topological polar surface area (TPSA) is 21.3 Å². The van der Waals surface area contributed by atoms with Gasteiger partial charge in [0.1, 0.15) is 17.4 Å². The second-order valence-corrected chi connectivity index (χ2v) is 4.98. The third-order valence-corrected chi connectivity index (χ3v) is 3.42. The quantitative estimate of drug-likeness (QED) is 0.887. The van der Waals surface area contributed by atoms with E-state index in [1.165, 1.54) is 19.2 Å². The van der Waals surface area contributed by atoms with Crippen molar-refractivity contribution >= 4 is 11.6 Å². The Morgan fingerprint density at radius 3 is 2.52 bits per heavy atom. The van der Waals surface area contributed by atoms with E-state index < -0.39 is 17.7 Å². The van der Waals surface area contributed by atoms with Crippen molar-refractivity contribution in [1.29, 1.82) is 0 Å². The Morgan fingerprint density at radius 2 is 1.90 bits per heavy atom. The normalized spacial score (nSPS) is 12.2. The van der Waals surface area contributed by atoms with E-state index in [0.717, 1.165) is 6.07 Å². The smallest absolute Gasteiger partial charge is 0.131 e. The molecule has 0 heterocycles. The Morgan fingerprint density at radius 1 is 1.14 bits per heavy atom. The van der Waals surface area contributed by atoms with Crippen LogP contribution in [-0.2, 0) is 0 Å². The SMILES string of the molecule is CCNC(c1ccc(F)cc1F)c1cc(Cl)ccc1OC. The van der Waals surface area contributed by atoms with Crippen LogP contribution in [0, 0.1) is 11.6 Å². The van der Waals surface area contributed by atoms with Gasteiger partial charge in [-0.15, -0.1) is 0 Å². The minimum atomic E-state index is -0.608. The fourth-order valence-corrected chi connectivity index (χ4v) is 2.44. The van der Waals surface area contributed by atoms with Crippen LogP contribution in [0.5, 0.6) is 5.75 Å². The molecule has 0 saturated carbocycles. The van der Waals surface area contributed by atoms with Crippen LogP contribution >= 0.6 is 11.6 Å². The minimum Gasteiger partial charge on any atom is -0.496 e. The molecule has 2 aromatic rings. The number of benzene rings is 2. The number of halogens is 3. The van der Waals surface area contributed by atoms with Gasteiger partial charge in [0.15, 0.2) is 0 Å².